The number of nitrogens with zero attached hydrogens (tertiary/aromatic N) is 2. The van der Waals surface area contributed by atoms with Crippen LogP contribution in [0.25, 0.3) is 0 Å². The predicted octanol–water partition coefficient (Wildman–Crippen LogP) is 1.52. The summed E-state index contributed by atoms with van der Waals surface area (Å²) in [7, 11) is 0. The fraction of sp³-hybridized carbons (Fsp3) is 0.417. The molecule has 0 bridgehead atoms. The Balaban J connectivity index is 2.81. The minimum atomic E-state index is -4.58. The normalized spacial score (nSPS) is 11.2. The molecule has 0 aliphatic carbocycles. The van der Waals surface area contributed by atoms with E-state index in [0.717, 1.165) is 6.07 Å². The van der Waals surface area contributed by atoms with Crippen molar-refractivity contribution in [2.45, 2.75) is 12.6 Å². The number of benzene rings is 1. The van der Waals surface area contributed by atoms with Gasteiger partial charge < -0.3 is 10.0 Å². The number of hydrogen-bond acceptors (Lipinski definition) is 4. The number of nitro groups is 1. The Labute approximate surface area is 117 Å². The van der Waals surface area contributed by atoms with E-state index >= 15 is 0 Å². The highest BCUT2D eigenvalue weighted by Gasteiger charge is 2.32. The fourth-order valence-corrected chi connectivity index (χ4v) is 1.70. The monoisotopic (exact) mass is 306 g/mol. The highest BCUT2D eigenvalue weighted by Crippen LogP contribution is 2.18. The summed E-state index contributed by atoms with van der Waals surface area (Å²) in [6.07, 6.45) is -4.98. The molecule has 1 N–H and O–H groups in total. The Morgan fingerprint density at radius 2 is 2.05 bits per heavy atom. The van der Waals surface area contributed by atoms with Gasteiger partial charge in [0.1, 0.15) is 6.54 Å². The van der Waals surface area contributed by atoms with Gasteiger partial charge in [-0.1, -0.05) is 12.1 Å². The molecule has 0 saturated heterocycles. The van der Waals surface area contributed by atoms with Crippen LogP contribution in [0, 0.1) is 10.1 Å². The van der Waals surface area contributed by atoms with Gasteiger partial charge in [-0.25, -0.2) is 0 Å². The van der Waals surface area contributed by atoms with Crippen LogP contribution in [0.15, 0.2) is 24.3 Å². The first-order valence-corrected chi connectivity index (χ1v) is 5.91. The Morgan fingerprint density at radius 1 is 1.38 bits per heavy atom. The number of rotatable bonds is 6. The van der Waals surface area contributed by atoms with Crippen molar-refractivity contribution < 1.29 is 28.0 Å². The molecule has 0 aromatic heterocycles. The highest BCUT2D eigenvalue weighted by molar-refractivity contribution is 5.79. The van der Waals surface area contributed by atoms with Crippen LogP contribution in [0.3, 0.4) is 0 Å². The number of amides is 1. The average Bonchev–Trinajstić information content (AvgIpc) is 2.37. The first-order valence-electron chi connectivity index (χ1n) is 5.91. The molecular formula is C12H13F3N2O4. The Bertz CT molecular complexity index is 519. The molecule has 1 aromatic rings. The molecule has 0 radical (unpaired) electrons. The van der Waals surface area contributed by atoms with Gasteiger partial charge in [0.05, 0.1) is 18.0 Å². The van der Waals surface area contributed by atoms with Gasteiger partial charge in [-0.2, -0.15) is 13.2 Å². The standard InChI is InChI=1S/C12H13F3N2O4/c13-12(14,15)8-16(4-5-18)11(19)7-9-2-1-3-10(6-9)17(20)21/h1-3,6,18H,4-5,7-8H2. The van der Waals surface area contributed by atoms with E-state index in [2.05, 4.69) is 0 Å². The molecular weight excluding hydrogens is 293 g/mol. The third-order valence-corrected chi connectivity index (χ3v) is 2.57. The number of aliphatic hydroxyl groups is 1. The zero-order chi connectivity index (χ0) is 16.0. The van der Waals surface area contributed by atoms with Crippen LogP contribution in [0.1, 0.15) is 5.56 Å². The molecule has 0 aliphatic rings. The molecule has 0 aliphatic heterocycles. The number of aliphatic hydroxyl groups excluding tert-OH is 1. The number of hydrogen-bond donors (Lipinski definition) is 1. The van der Waals surface area contributed by atoms with Gasteiger partial charge in [0, 0.05) is 18.7 Å². The third-order valence-electron chi connectivity index (χ3n) is 2.57. The Morgan fingerprint density at radius 3 is 2.57 bits per heavy atom. The first kappa shape index (κ1) is 16.9. The average molecular weight is 306 g/mol. The summed E-state index contributed by atoms with van der Waals surface area (Å²) in [6, 6.07) is 5.11. The second-order valence-electron chi connectivity index (χ2n) is 4.26. The van der Waals surface area contributed by atoms with Crippen LogP contribution in [-0.2, 0) is 11.2 Å². The second-order valence-corrected chi connectivity index (χ2v) is 4.26. The summed E-state index contributed by atoms with van der Waals surface area (Å²) in [5, 5.41) is 19.3. The van der Waals surface area contributed by atoms with E-state index in [1.54, 1.807) is 0 Å². The maximum atomic E-state index is 12.3. The molecule has 6 nitrogen and oxygen atoms in total. The lowest BCUT2D eigenvalue weighted by atomic mass is 10.1. The zero-order valence-corrected chi connectivity index (χ0v) is 10.8. The SMILES string of the molecule is O=C(Cc1cccc([N+](=O)[O-])c1)N(CCO)CC(F)(F)F. The molecule has 0 atom stereocenters. The van der Waals surface area contributed by atoms with Crippen molar-refractivity contribution in [3.8, 4) is 0 Å². The first-order chi connectivity index (χ1) is 9.73. The van der Waals surface area contributed by atoms with Crippen LogP contribution >= 0.6 is 0 Å². The second kappa shape index (κ2) is 7.02. The largest absolute Gasteiger partial charge is 0.406 e. The lowest BCUT2D eigenvalue weighted by Gasteiger charge is -2.23. The highest BCUT2D eigenvalue weighted by atomic mass is 19.4. The molecule has 0 saturated carbocycles. The predicted molar refractivity (Wildman–Crippen MR) is 66.5 cm³/mol. The molecule has 0 fully saturated rings. The quantitative estimate of drug-likeness (QED) is 0.638. The lowest BCUT2D eigenvalue weighted by molar-refractivity contribution is -0.384. The van der Waals surface area contributed by atoms with Gasteiger partial charge in [-0.3, -0.25) is 14.9 Å². The van der Waals surface area contributed by atoms with Crippen LogP contribution < -0.4 is 0 Å². The molecule has 1 aromatic carbocycles. The van der Waals surface area contributed by atoms with E-state index in [4.69, 9.17) is 5.11 Å². The van der Waals surface area contributed by atoms with Crippen LogP contribution in [0.5, 0.6) is 0 Å². The summed E-state index contributed by atoms with van der Waals surface area (Å²) in [5.41, 5.74) is -0.0101. The molecule has 1 rings (SSSR count). The van der Waals surface area contributed by atoms with Gasteiger partial charge >= 0.3 is 6.18 Å². The van der Waals surface area contributed by atoms with E-state index < -0.39 is 43.1 Å². The van der Waals surface area contributed by atoms with Crippen molar-refractivity contribution in [3.63, 3.8) is 0 Å². The number of nitro benzene ring substituents is 1. The number of carbonyl (C=O) groups excluding carboxylic acids is 1. The van der Waals surface area contributed by atoms with Crippen LogP contribution in [-0.4, -0.2) is 46.7 Å². The summed E-state index contributed by atoms with van der Waals surface area (Å²) >= 11 is 0. The van der Waals surface area contributed by atoms with E-state index in [0.29, 0.717) is 4.90 Å². The molecule has 9 heteroatoms. The molecule has 1 amide bonds. The summed E-state index contributed by atoms with van der Waals surface area (Å²) in [6.45, 7) is -2.52. The zero-order valence-electron chi connectivity index (χ0n) is 10.8. The van der Waals surface area contributed by atoms with Crippen LogP contribution in [0.2, 0.25) is 0 Å². The molecule has 0 heterocycles. The van der Waals surface area contributed by atoms with Crippen molar-refractivity contribution in [1.82, 2.24) is 4.90 Å². The van der Waals surface area contributed by atoms with E-state index in [1.165, 1.54) is 18.2 Å². The Hall–Kier alpha value is -2.16. The number of carbonyl (C=O) groups is 1. The van der Waals surface area contributed by atoms with E-state index in [1.807, 2.05) is 0 Å². The topological polar surface area (TPSA) is 83.7 Å². The number of halogens is 3. The van der Waals surface area contributed by atoms with Crippen molar-refractivity contribution in [2.24, 2.45) is 0 Å². The van der Waals surface area contributed by atoms with Gasteiger partial charge in [-0.15, -0.1) is 0 Å². The third kappa shape index (κ3) is 5.78. The Kier molecular flexibility index (Phi) is 5.65. The molecule has 21 heavy (non-hydrogen) atoms. The van der Waals surface area contributed by atoms with Gasteiger partial charge in [0.15, 0.2) is 0 Å². The van der Waals surface area contributed by atoms with E-state index in [-0.39, 0.29) is 11.3 Å². The smallest absolute Gasteiger partial charge is 0.395 e. The van der Waals surface area contributed by atoms with Crippen molar-refractivity contribution in [2.75, 3.05) is 19.7 Å². The maximum Gasteiger partial charge on any atom is 0.406 e. The number of alkyl halides is 3. The van der Waals surface area contributed by atoms with Crippen molar-refractivity contribution >= 4 is 11.6 Å². The summed E-state index contributed by atoms with van der Waals surface area (Å²) < 4.78 is 37.0. The van der Waals surface area contributed by atoms with Crippen molar-refractivity contribution in [3.05, 3.63) is 39.9 Å². The molecule has 0 spiro atoms. The fourth-order valence-electron chi connectivity index (χ4n) is 1.70. The maximum absolute atomic E-state index is 12.3. The van der Waals surface area contributed by atoms with E-state index in [9.17, 15) is 28.1 Å². The van der Waals surface area contributed by atoms with Gasteiger partial charge in [0.2, 0.25) is 5.91 Å². The minimum Gasteiger partial charge on any atom is -0.395 e. The summed E-state index contributed by atoms with van der Waals surface area (Å²) in [5.74, 6) is -0.859. The van der Waals surface area contributed by atoms with Gasteiger partial charge in [-0.05, 0) is 5.56 Å². The molecule has 0 unspecified atom stereocenters. The number of non-ortho nitro benzene ring substituents is 1. The van der Waals surface area contributed by atoms with Crippen molar-refractivity contribution in [1.29, 1.82) is 0 Å². The van der Waals surface area contributed by atoms with Crippen LogP contribution in [0.4, 0.5) is 18.9 Å². The summed E-state index contributed by atoms with van der Waals surface area (Å²) in [4.78, 5) is 22.2. The minimum absolute atomic E-state index is 0.235. The van der Waals surface area contributed by atoms with Gasteiger partial charge in [0.25, 0.3) is 5.69 Å². The lowest BCUT2D eigenvalue weighted by Crippen LogP contribution is -2.41. The molecule has 116 valence electrons.